The third-order valence-corrected chi connectivity index (χ3v) is 1.76. The summed E-state index contributed by atoms with van der Waals surface area (Å²) < 4.78 is 24.1. The molecule has 0 saturated heterocycles. The number of rotatable bonds is 4. The standard InChI is InChI=1S/C9H12F2N2/c1-7(9(10)11)13-6-8-2-4-12-5-3-8/h2-5,7,9,13H,6H2,1H3. The van der Waals surface area contributed by atoms with E-state index in [9.17, 15) is 8.78 Å². The molecule has 0 aliphatic carbocycles. The number of hydrogen-bond acceptors (Lipinski definition) is 2. The van der Waals surface area contributed by atoms with E-state index >= 15 is 0 Å². The van der Waals surface area contributed by atoms with Gasteiger partial charge in [0.15, 0.2) is 0 Å². The molecule has 1 atom stereocenters. The highest BCUT2D eigenvalue weighted by molar-refractivity contribution is 5.09. The molecule has 1 aromatic heterocycles. The molecule has 1 aromatic rings. The molecule has 1 unspecified atom stereocenters. The number of nitrogens with one attached hydrogen (secondary N) is 1. The Labute approximate surface area is 76.0 Å². The van der Waals surface area contributed by atoms with Gasteiger partial charge in [-0.2, -0.15) is 0 Å². The van der Waals surface area contributed by atoms with Gasteiger partial charge in [-0.05, 0) is 24.6 Å². The van der Waals surface area contributed by atoms with Gasteiger partial charge < -0.3 is 5.32 Å². The Hall–Kier alpha value is -1.03. The van der Waals surface area contributed by atoms with Gasteiger partial charge in [0.05, 0.1) is 6.04 Å². The Bertz CT molecular complexity index is 239. The van der Waals surface area contributed by atoms with Gasteiger partial charge >= 0.3 is 0 Å². The fourth-order valence-corrected chi connectivity index (χ4v) is 0.869. The van der Waals surface area contributed by atoms with E-state index in [4.69, 9.17) is 0 Å². The predicted molar refractivity (Wildman–Crippen MR) is 46.5 cm³/mol. The van der Waals surface area contributed by atoms with Gasteiger partial charge in [-0.25, -0.2) is 8.78 Å². The molecule has 72 valence electrons. The molecule has 0 spiro atoms. The predicted octanol–water partition coefficient (Wildman–Crippen LogP) is 1.82. The van der Waals surface area contributed by atoms with Crippen LogP contribution in [0.25, 0.3) is 0 Å². The Morgan fingerprint density at radius 2 is 2.00 bits per heavy atom. The van der Waals surface area contributed by atoms with Crippen LogP contribution in [0.3, 0.4) is 0 Å². The van der Waals surface area contributed by atoms with Crippen LogP contribution in [-0.4, -0.2) is 17.5 Å². The van der Waals surface area contributed by atoms with Gasteiger partial charge in [0.1, 0.15) is 0 Å². The van der Waals surface area contributed by atoms with Crippen LogP contribution >= 0.6 is 0 Å². The second kappa shape index (κ2) is 4.87. The molecule has 4 heteroatoms. The Balaban J connectivity index is 2.35. The van der Waals surface area contributed by atoms with Crippen LogP contribution in [0.2, 0.25) is 0 Å². The zero-order chi connectivity index (χ0) is 9.68. The minimum Gasteiger partial charge on any atom is -0.305 e. The van der Waals surface area contributed by atoms with Crippen molar-refractivity contribution >= 4 is 0 Å². The van der Waals surface area contributed by atoms with Crippen LogP contribution in [0, 0.1) is 0 Å². The molecule has 0 aliphatic rings. The van der Waals surface area contributed by atoms with Crippen molar-refractivity contribution in [3.63, 3.8) is 0 Å². The maximum Gasteiger partial charge on any atom is 0.253 e. The number of aromatic nitrogens is 1. The van der Waals surface area contributed by atoms with Crippen molar-refractivity contribution in [1.29, 1.82) is 0 Å². The number of nitrogens with zero attached hydrogens (tertiary/aromatic N) is 1. The van der Waals surface area contributed by atoms with E-state index in [0.29, 0.717) is 6.54 Å². The summed E-state index contributed by atoms with van der Waals surface area (Å²) >= 11 is 0. The minimum absolute atomic E-state index is 0.452. The second-order valence-corrected chi connectivity index (χ2v) is 2.86. The van der Waals surface area contributed by atoms with E-state index in [1.54, 1.807) is 24.5 Å². The average molecular weight is 186 g/mol. The first-order valence-electron chi connectivity index (χ1n) is 4.10. The summed E-state index contributed by atoms with van der Waals surface area (Å²) in [4.78, 5) is 3.83. The molecule has 0 radical (unpaired) electrons. The summed E-state index contributed by atoms with van der Waals surface area (Å²) in [6.45, 7) is 1.92. The maximum absolute atomic E-state index is 12.1. The van der Waals surface area contributed by atoms with Crippen molar-refractivity contribution in [2.75, 3.05) is 0 Å². The molecule has 0 bridgehead atoms. The van der Waals surface area contributed by atoms with Crippen LogP contribution in [0.4, 0.5) is 8.78 Å². The lowest BCUT2D eigenvalue weighted by molar-refractivity contribution is 0.105. The third kappa shape index (κ3) is 3.46. The summed E-state index contributed by atoms with van der Waals surface area (Å²) in [6.07, 6.45) is 0.968. The summed E-state index contributed by atoms with van der Waals surface area (Å²) in [5.41, 5.74) is 0.961. The Morgan fingerprint density at radius 3 is 2.54 bits per heavy atom. The van der Waals surface area contributed by atoms with Crippen molar-refractivity contribution in [3.05, 3.63) is 30.1 Å². The van der Waals surface area contributed by atoms with Crippen LogP contribution in [0.5, 0.6) is 0 Å². The van der Waals surface area contributed by atoms with Crippen molar-refractivity contribution in [2.45, 2.75) is 25.9 Å². The van der Waals surface area contributed by atoms with Crippen LogP contribution < -0.4 is 5.32 Å². The number of alkyl halides is 2. The van der Waals surface area contributed by atoms with Gasteiger partial charge in [0.25, 0.3) is 6.43 Å². The van der Waals surface area contributed by atoms with Crippen LogP contribution in [0.15, 0.2) is 24.5 Å². The molecule has 0 amide bonds. The number of pyridine rings is 1. The lowest BCUT2D eigenvalue weighted by Crippen LogP contribution is -2.31. The molecule has 13 heavy (non-hydrogen) atoms. The van der Waals surface area contributed by atoms with E-state index in [-0.39, 0.29) is 0 Å². The SMILES string of the molecule is CC(NCc1ccncc1)C(F)F. The minimum atomic E-state index is -2.32. The maximum atomic E-state index is 12.1. The zero-order valence-electron chi connectivity index (χ0n) is 7.37. The molecule has 0 aromatic carbocycles. The molecule has 0 aliphatic heterocycles. The molecule has 0 saturated carbocycles. The summed E-state index contributed by atoms with van der Waals surface area (Å²) in [5, 5.41) is 2.72. The van der Waals surface area contributed by atoms with Crippen molar-refractivity contribution in [2.24, 2.45) is 0 Å². The first-order chi connectivity index (χ1) is 6.20. The highest BCUT2D eigenvalue weighted by atomic mass is 19.3. The molecule has 2 nitrogen and oxygen atoms in total. The zero-order valence-corrected chi connectivity index (χ0v) is 7.37. The average Bonchev–Trinajstić information content (AvgIpc) is 2.15. The molecular formula is C9H12F2N2. The fraction of sp³-hybridized carbons (Fsp3) is 0.444. The van der Waals surface area contributed by atoms with Crippen molar-refractivity contribution < 1.29 is 8.78 Å². The summed E-state index contributed by atoms with van der Waals surface area (Å²) in [6, 6.07) is 2.82. The third-order valence-electron chi connectivity index (χ3n) is 1.76. The van der Waals surface area contributed by atoms with E-state index in [1.807, 2.05) is 0 Å². The van der Waals surface area contributed by atoms with E-state index in [1.165, 1.54) is 6.92 Å². The van der Waals surface area contributed by atoms with E-state index < -0.39 is 12.5 Å². The summed E-state index contributed by atoms with van der Waals surface area (Å²) in [5.74, 6) is 0. The normalized spacial score (nSPS) is 13.2. The van der Waals surface area contributed by atoms with Gasteiger partial charge in [0.2, 0.25) is 0 Å². The Morgan fingerprint density at radius 1 is 1.38 bits per heavy atom. The lowest BCUT2D eigenvalue weighted by Gasteiger charge is -2.11. The van der Waals surface area contributed by atoms with E-state index in [2.05, 4.69) is 10.3 Å². The first kappa shape index (κ1) is 10.1. The van der Waals surface area contributed by atoms with Crippen molar-refractivity contribution in [3.8, 4) is 0 Å². The molecule has 1 heterocycles. The fourth-order valence-electron chi connectivity index (χ4n) is 0.869. The van der Waals surface area contributed by atoms with Crippen molar-refractivity contribution in [1.82, 2.24) is 10.3 Å². The van der Waals surface area contributed by atoms with Gasteiger partial charge in [-0.1, -0.05) is 0 Å². The van der Waals surface area contributed by atoms with Gasteiger partial charge in [0, 0.05) is 18.9 Å². The van der Waals surface area contributed by atoms with Crippen LogP contribution in [0.1, 0.15) is 12.5 Å². The number of hydrogen-bond donors (Lipinski definition) is 1. The smallest absolute Gasteiger partial charge is 0.253 e. The molecular weight excluding hydrogens is 174 g/mol. The van der Waals surface area contributed by atoms with Gasteiger partial charge in [-0.3, -0.25) is 4.98 Å². The first-order valence-corrected chi connectivity index (χ1v) is 4.10. The largest absolute Gasteiger partial charge is 0.305 e. The number of halogens is 2. The van der Waals surface area contributed by atoms with E-state index in [0.717, 1.165) is 5.56 Å². The molecule has 1 N–H and O–H groups in total. The quantitative estimate of drug-likeness (QED) is 0.775. The second-order valence-electron chi connectivity index (χ2n) is 2.86. The highest BCUT2D eigenvalue weighted by Crippen LogP contribution is 2.01. The van der Waals surface area contributed by atoms with Gasteiger partial charge in [-0.15, -0.1) is 0 Å². The molecule has 0 fully saturated rings. The summed E-state index contributed by atoms with van der Waals surface area (Å²) in [7, 11) is 0. The topological polar surface area (TPSA) is 24.9 Å². The lowest BCUT2D eigenvalue weighted by atomic mass is 10.2. The highest BCUT2D eigenvalue weighted by Gasteiger charge is 2.12. The van der Waals surface area contributed by atoms with Crippen LogP contribution in [-0.2, 0) is 6.54 Å². The monoisotopic (exact) mass is 186 g/mol. The molecule has 1 rings (SSSR count). The Kier molecular flexibility index (Phi) is 3.76.